The third-order valence-electron chi connectivity index (χ3n) is 2.26. The molecular formula is C13H17ClO. The molecule has 0 saturated carbocycles. The van der Waals surface area contributed by atoms with Crippen molar-refractivity contribution in [2.45, 2.75) is 32.3 Å². The summed E-state index contributed by atoms with van der Waals surface area (Å²) in [6, 6.07) is 7.36. The van der Waals surface area contributed by atoms with E-state index in [0.29, 0.717) is 5.02 Å². The molecule has 0 aliphatic heterocycles. The Balaban J connectivity index is 2.43. The molecule has 1 nitrogen and oxygen atoms in total. The Kier molecular flexibility index (Phi) is 5.44. The molecule has 0 bridgehead atoms. The molecular weight excluding hydrogens is 208 g/mol. The Morgan fingerprint density at radius 3 is 2.53 bits per heavy atom. The minimum absolute atomic E-state index is 0.385. The molecule has 1 rings (SSSR count). The lowest BCUT2D eigenvalue weighted by atomic mass is 10.0. The van der Waals surface area contributed by atoms with Crippen LogP contribution < -0.4 is 0 Å². The summed E-state index contributed by atoms with van der Waals surface area (Å²) in [5.41, 5.74) is 0.935. The second kappa shape index (κ2) is 6.65. The zero-order valence-electron chi connectivity index (χ0n) is 8.99. The van der Waals surface area contributed by atoms with Gasteiger partial charge < -0.3 is 5.11 Å². The van der Waals surface area contributed by atoms with E-state index < -0.39 is 0 Å². The predicted octanol–water partition coefficient (Wildman–Crippen LogP) is 4.12. The van der Waals surface area contributed by atoms with Gasteiger partial charge in [-0.3, -0.25) is 0 Å². The van der Waals surface area contributed by atoms with Gasteiger partial charge >= 0.3 is 0 Å². The van der Waals surface area contributed by atoms with Gasteiger partial charge in [0.25, 0.3) is 0 Å². The van der Waals surface area contributed by atoms with Crippen LogP contribution in [0, 0.1) is 0 Å². The average Bonchev–Trinajstić information content (AvgIpc) is 2.25. The normalized spacial score (nSPS) is 13.3. The molecule has 0 spiro atoms. The molecule has 0 aliphatic rings. The van der Waals surface area contributed by atoms with E-state index in [9.17, 15) is 5.11 Å². The van der Waals surface area contributed by atoms with E-state index in [-0.39, 0.29) is 6.10 Å². The van der Waals surface area contributed by atoms with Crippen LogP contribution in [0.1, 0.15) is 37.9 Å². The maximum Gasteiger partial charge on any atom is 0.0793 e. The van der Waals surface area contributed by atoms with Gasteiger partial charge in [-0.15, -0.1) is 0 Å². The molecule has 0 radical (unpaired) electrons. The van der Waals surface area contributed by atoms with Crippen molar-refractivity contribution in [3.05, 3.63) is 47.0 Å². The molecule has 1 unspecified atom stereocenters. The maximum absolute atomic E-state index is 9.83. The van der Waals surface area contributed by atoms with Crippen LogP contribution in [-0.4, -0.2) is 5.11 Å². The second-order valence-electron chi connectivity index (χ2n) is 3.52. The number of hydrogen-bond acceptors (Lipinski definition) is 1. The zero-order valence-corrected chi connectivity index (χ0v) is 9.74. The first kappa shape index (κ1) is 12.3. The van der Waals surface area contributed by atoms with Crippen molar-refractivity contribution in [3.8, 4) is 0 Å². The molecule has 0 amide bonds. The van der Waals surface area contributed by atoms with Gasteiger partial charge in [0.1, 0.15) is 0 Å². The van der Waals surface area contributed by atoms with Crippen molar-refractivity contribution in [1.29, 1.82) is 0 Å². The van der Waals surface area contributed by atoms with Gasteiger partial charge in [-0.2, -0.15) is 0 Å². The summed E-state index contributed by atoms with van der Waals surface area (Å²) < 4.78 is 0. The fourth-order valence-corrected chi connectivity index (χ4v) is 1.52. The summed E-state index contributed by atoms with van der Waals surface area (Å²) in [6.45, 7) is 2.10. The van der Waals surface area contributed by atoms with E-state index in [1.807, 2.05) is 24.3 Å². The van der Waals surface area contributed by atoms with Crippen molar-refractivity contribution < 1.29 is 5.11 Å². The fourth-order valence-electron chi connectivity index (χ4n) is 1.39. The number of aliphatic hydroxyl groups excluding tert-OH is 1. The molecule has 0 aliphatic carbocycles. The van der Waals surface area contributed by atoms with Gasteiger partial charge in [0.05, 0.1) is 6.10 Å². The van der Waals surface area contributed by atoms with Gasteiger partial charge in [-0.1, -0.05) is 42.8 Å². The first-order chi connectivity index (χ1) is 7.24. The zero-order chi connectivity index (χ0) is 11.1. The van der Waals surface area contributed by atoms with Crippen LogP contribution in [0.2, 0.25) is 5.02 Å². The molecule has 0 fully saturated rings. The standard InChI is InChI=1S/C13H17ClO/c1-2-3-4-5-6-13(15)11-7-9-12(14)10-8-11/h3-4,7-10,13,15H,2,5-6H2,1H3/b4-3+. The van der Waals surface area contributed by atoms with E-state index >= 15 is 0 Å². The Morgan fingerprint density at radius 1 is 1.27 bits per heavy atom. The summed E-state index contributed by atoms with van der Waals surface area (Å²) in [5, 5.41) is 10.5. The highest BCUT2D eigenvalue weighted by atomic mass is 35.5. The molecule has 1 aromatic carbocycles. The number of aliphatic hydroxyl groups is 1. The smallest absolute Gasteiger partial charge is 0.0793 e. The van der Waals surface area contributed by atoms with Crippen LogP contribution in [0.3, 0.4) is 0 Å². The average molecular weight is 225 g/mol. The first-order valence-corrected chi connectivity index (χ1v) is 5.70. The van der Waals surface area contributed by atoms with Crippen LogP contribution in [0.15, 0.2) is 36.4 Å². The third-order valence-corrected chi connectivity index (χ3v) is 2.52. The summed E-state index contributed by atoms with van der Waals surface area (Å²) >= 11 is 5.77. The molecule has 1 N–H and O–H groups in total. The van der Waals surface area contributed by atoms with Gasteiger partial charge in [0.15, 0.2) is 0 Å². The molecule has 0 aromatic heterocycles. The SMILES string of the molecule is CC/C=C/CCC(O)c1ccc(Cl)cc1. The number of halogens is 1. The molecule has 2 heteroatoms. The van der Waals surface area contributed by atoms with Crippen molar-refractivity contribution >= 4 is 11.6 Å². The highest BCUT2D eigenvalue weighted by Crippen LogP contribution is 2.20. The predicted molar refractivity (Wildman–Crippen MR) is 65.1 cm³/mol. The van der Waals surface area contributed by atoms with Crippen molar-refractivity contribution in [3.63, 3.8) is 0 Å². The number of rotatable bonds is 5. The first-order valence-electron chi connectivity index (χ1n) is 5.32. The molecule has 0 saturated heterocycles. The molecule has 0 heterocycles. The lowest BCUT2D eigenvalue weighted by Crippen LogP contribution is -1.95. The van der Waals surface area contributed by atoms with Crippen LogP contribution in [0.25, 0.3) is 0 Å². The van der Waals surface area contributed by atoms with Crippen molar-refractivity contribution in [1.82, 2.24) is 0 Å². The van der Waals surface area contributed by atoms with Gasteiger partial charge in [0, 0.05) is 5.02 Å². The summed E-state index contributed by atoms with van der Waals surface area (Å²) in [5.74, 6) is 0. The van der Waals surface area contributed by atoms with Gasteiger partial charge in [0.2, 0.25) is 0 Å². The quantitative estimate of drug-likeness (QED) is 0.746. The Labute approximate surface area is 96.4 Å². The van der Waals surface area contributed by atoms with E-state index in [2.05, 4.69) is 19.1 Å². The minimum atomic E-state index is -0.385. The van der Waals surface area contributed by atoms with Gasteiger partial charge in [-0.05, 0) is 37.0 Å². The van der Waals surface area contributed by atoms with Crippen LogP contribution >= 0.6 is 11.6 Å². The highest BCUT2D eigenvalue weighted by Gasteiger charge is 2.05. The minimum Gasteiger partial charge on any atom is -0.388 e. The number of allylic oxidation sites excluding steroid dienone is 2. The summed E-state index contributed by atoms with van der Waals surface area (Å²) in [4.78, 5) is 0. The van der Waals surface area contributed by atoms with Crippen LogP contribution in [0.4, 0.5) is 0 Å². The van der Waals surface area contributed by atoms with Crippen LogP contribution in [0.5, 0.6) is 0 Å². The lowest BCUT2D eigenvalue weighted by molar-refractivity contribution is 0.168. The number of hydrogen-bond donors (Lipinski definition) is 1. The third kappa shape index (κ3) is 4.50. The Bertz CT molecular complexity index is 303. The monoisotopic (exact) mass is 224 g/mol. The van der Waals surface area contributed by atoms with Gasteiger partial charge in [-0.25, -0.2) is 0 Å². The molecule has 15 heavy (non-hydrogen) atoms. The summed E-state index contributed by atoms with van der Waals surface area (Å²) in [6.07, 6.45) is 6.57. The molecule has 1 aromatic rings. The summed E-state index contributed by atoms with van der Waals surface area (Å²) in [7, 11) is 0. The van der Waals surface area contributed by atoms with E-state index in [4.69, 9.17) is 11.6 Å². The largest absolute Gasteiger partial charge is 0.388 e. The van der Waals surface area contributed by atoms with Crippen LogP contribution in [-0.2, 0) is 0 Å². The Morgan fingerprint density at radius 2 is 1.93 bits per heavy atom. The molecule has 1 atom stereocenters. The lowest BCUT2D eigenvalue weighted by Gasteiger charge is -2.09. The fraction of sp³-hybridized carbons (Fsp3) is 0.385. The Hall–Kier alpha value is -0.790. The molecule has 82 valence electrons. The van der Waals surface area contributed by atoms with Crippen molar-refractivity contribution in [2.75, 3.05) is 0 Å². The second-order valence-corrected chi connectivity index (χ2v) is 3.96. The van der Waals surface area contributed by atoms with E-state index in [1.165, 1.54) is 0 Å². The van der Waals surface area contributed by atoms with E-state index in [1.54, 1.807) is 0 Å². The maximum atomic E-state index is 9.83. The topological polar surface area (TPSA) is 20.2 Å². The van der Waals surface area contributed by atoms with E-state index in [0.717, 1.165) is 24.8 Å². The van der Waals surface area contributed by atoms with Crippen molar-refractivity contribution in [2.24, 2.45) is 0 Å². The number of benzene rings is 1. The highest BCUT2D eigenvalue weighted by molar-refractivity contribution is 6.30.